The number of hydrogen-bond acceptors (Lipinski definition) is 6. The molecular weight excluding hydrogens is 553 g/mol. The van der Waals surface area contributed by atoms with Crippen LogP contribution in [0.1, 0.15) is 91.6 Å². The highest BCUT2D eigenvalue weighted by Gasteiger charge is 2.37. The molecule has 2 N–H and O–H groups in total. The van der Waals surface area contributed by atoms with E-state index in [0.717, 1.165) is 29.7 Å². The average Bonchev–Trinajstić information content (AvgIpc) is 3.56. The summed E-state index contributed by atoms with van der Waals surface area (Å²) in [4.78, 5) is 15.8. The van der Waals surface area contributed by atoms with E-state index in [2.05, 4.69) is 15.2 Å². The molecule has 0 spiro atoms. The molecule has 4 aromatic rings. The maximum absolute atomic E-state index is 11.7. The van der Waals surface area contributed by atoms with Crippen LogP contribution in [0.3, 0.4) is 0 Å². The number of carbonyl (C=O) groups is 1. The van der Waals surface area contributed by atoms with Crippen LogP contribution >= 0.6 is 23.2 Å². The predicted octanol–water partition coefficient (Wildman–Crippen LogP) is 6.43. The van der Waals surface area contributed by atoms with Gasteiger partial charge in [0, 0.05) is 23.8 Å². The number of rotatable bonds is 8. The van der Waals surface area contributed by atoms with Crippen molar-refractivity contribution < 1.29 is 19.7 Å². The van der Waals surface area contributed by atoms with E-state index in [1.165, 1.54) is 0 Å². The van der Waals surface area contributed by atoms with Crippen LogP contribution in [0.2, 0.25) is 10.0 Å². The van der Waals surface area contributed by atoms with Crippen molar-refractivity contribution >= 4 is 40.1 Å². The number of ether oxygens (including phenoxy) is 1. The van der Waals surface area contributed by atoms with Gasteiger partial charge in [-0.15, -0.1) is 0 Å². The number of benzene rings is 1. The molecule has 9 nitrogen and oxygen atoms in total. The summed E-state index contributed by atoms with van der Waals surface area (Å²) >= 11 is 12.9. The summed E-state index contributed by atoms with van der Waals surface area (Å²) in [6, 6.07) is 5.45. The average molecular weight is 585 g/mol. The van der Waals surface area contributed by atoms with Crippen molar-refractivity contribution in [1.82, 2.24) is 24.5 Å². The third kappa shape index (κ3) is 4.89. The Labute approximate surface area is 241 Å². The number of carboxylic acid groups (broad SMARTS) is 1. The quantitative estimate of drug-likeness (QED) is 0.245. The van der Waals surface area contributed by atoms with Gasteiger partial charge in [0.05, 0.1) is 45.8 Å². The van der Waals surface area contributed by atoms with Crippen LogP contribution in [-0.4, -0.2) is 46.8 Å². The molecule has 0 saturated heterocycles. The van der Waals surface area contributed by atoms with E-state index >= 15 is 0 Å². The first kappa shape index (κ1) is 27.2. The third-order valence-corrected chi connectivity index (χ3v) is 8.66. The molecular formula is C29H31Cl2N5O4. The van der Waals surface area contributed by atoms with Gasteiger partial charge in [0.2, 0.25) is 0 Å². The van der Waals surface area contributed by atoms with Gasteiger partial charge in [-0.1, -0.05) is 29.3 Å². The molecule has 0 atom stereocenters. The second-order valence-corrected chi connectivity index (χ2v) is 12.0. The van der Waals surface area contributed by atoms with Gasteiger partial charge in [-0.3, -0.25) is 9.67 Å². The number of pyridine rings is 1. The fourth-order valence-electron chi connectivity index (χ4n) is 5.76. The number of aromatic nitrogens is 5. The molecule has 2 aliphatic carbocycles. The second-order valence-electron chi connectivity index (χ2n) is 11.2. The first-order valence-corrected chi connectivity index (χ1v) is 14.4. The van der Waals surface area contributed by atoms with Crippen molar-refractivity contribution in [3.05, 3.63) is 69.3 Å². The number of aromatic carboxylic acids is 1. The maximum atomic E-state index is 11.7. The number of fused-ring (bicyclic) bond motifs is 1. The summed E-state index contributed by atoms with van der Waals surface area (Å²) in [5.41, 5.74) is 3.19. The minimum atomic E-state index is -1.06. The Morgan fingerprint density at radius 2 is 1.82 bits per heavy atom. The summed E-state index contributed by atoms with van der Waals surface area (Å²) in [5, 5.41) is 31.6. The maximum Gasteiger partial charge on any atom is 0.357 e. The van der Waals surface area contributed by atoms with Gasteiger partial charge in [0.15, 0.2) is 5.69 Å². The lowest BCUT2D eigenvalue weighted by molar-refractivity contribution is -0.0648. The van der Waals surface area contributed by atoms with E-state index in [-0.39, 0.29) is 17.8 Å². The first-order valence-electron chi connectivity index (χ1n) is 13.6. The normalized spacial score (nSPS) is 21.4. The summed E-state index contributed by atoms with van der Waals surface area (Å²) in [7, 11) is 0. The minimum absolute atomic E-state index is 0.0180. The number of nitrogens with zero attached hydrogens (tertiary/aromatic N) is 5. The monoisotopic (exact) mass is 583 g/mol. The lowest BCUT2D eigenvalue weighted by Crippen LogP contribution is -2.34. The van der Waals surface area contributed by atoms with E-state index < -0.39 is 11.6 Å². The van der Waals surface area contributed by atoms with E-state index in [9.17, 15) is 15.0 Å². The van der Waals surface area contributed by atoms with Crippen molar-refractivity contribution in [2.24, 2.45) is 0 Å². The summed E-state index contributed by atoms with van der Waals surface area (Å²) in [6.07, 6.45) is 9.65. The van der Waals surface area contributed by atoms with E-state index in [1.54, 1.807) is 27.8 Å². The topological polar surface area (TPSA) is 115 Å². The zero-order valence-corrected chi connectivity index (χ0v) is 23.9. The Morgan fingerprint density at radius 1 is 1.12 bits per heavy atom. The molecule has 0 unspecified atom stereocenters. The van der Waals surface area contributed by atoms with Gasteiger partial charge in [-0.05, 0) is 81.5 Å². The van der Waals surface area contributed by atoms with E-state index in [0.29, 0.717) is 64.8 Å². The number of hydrogen-bond donors (Lipinski definition) is 2. The van der Waals surface area contributed by atoms with Crippen molar-refractivity contribution in [2.75, 3.05) is 0 Å². The molecule has 2 fully saturated rings. The zero-order chi connectivity index (χ0) is 28.2. The number of halogens is 2. The van der Waals surface area contributed by atoms with Crippen molar-refractivity contribution in [2.45, 2.75) is 82.6 Å². The Bertz CT molecular complexity index is 1560. The molecule has 3 aromatic heterocycles. The lowest BCUT2D eigenvalue weighted by Gasteiger charge is -2.36. The van der Waals surface area contributed by atoms with E-state index in [1.807, 2.05) is 32.2 Å². The van der Waals surface area contributed by atoms with Crippen LogP contribution in [0.25, 0.3) is 16.6 Å². The summed E-state index contributed by atoms with van der Waals surface area (Å²) in [5.74, 6) is -0.591. The fraction of sp³-hybridized carbons (Fsp3) is 0.448. The molecule has 0 amide bonds. The zero-order valence-electron chi connectivity index (χ0n) is 22.3. The Kier molecular flexibility index (Phi) is 7.11. The SMILES string of the molecule is CC(C)n1nc(C(=O)O)c2ccc(C3(O)CCC(OCc4c(C5CC5)cnn4-c4c(Cl)cncc4Cl)CC3)cc21. The fourth-order valence-corrected chi connectivity index (χ4v) is 6.29. The van der Waals surface area contributed by atoms with Gasteiger partial charge in [-0.2, -0.15) is 10.2 Å². The van der Waals surface area contributed by atoms with Gasteiger partial charge >= 0.3 is 5.97 Å². The summed E-state index contributed by atoms with van der Waals surface area (Å²) < 4.78 is 9.90. The van der Waals surface area contributed by atoms with Crippen LogP contribution in [-0.2, 0) is 16.9 Å². The van der Waals surface area contributed by atoms with Crippen LogP contribution in [0.15, 0.2) is 36.8 Å². The highest BCUT2D eigenvalue weighted by atomic mass is 35.5. The van der Waals surface area contributed by atoms with E-state index in [4.69, 9.17) is 27.9 Å². The first-order chi connectivity index (χ1) is 19.2. The van der Waals surface area contributed by atoms with Crippen LogP contribution < -0.4 is 0 Å². The molecule has 0 bridgehead atoms. The van der Waals surface area contributed by atoms with Crippen molar-refractivity contribution in [1.29, 1.82) is 0 Å². The van der Waals surface area contributed by atoms with Gasteiger partial charge in [0.1, 0.15) is 5.69 Å². The molecule has 6 rings (SSSR count). The Hall–Kier alpha value is -2.98. The largest absolute Gasteiger partial charge is 0.476 e. The van der Waals surface area contributed by atoms with Gasteiger partial charge in [-0.25, -0.2) is 9.48 Å². The van der Waals surface area contributed by atoms with Gasteiger partial charge in [0.25, 0.3) is 0 Å². The lowest BCUT2D eigenvalue weighted by atomic mass is 9.78. The molecule has 210 valence electrons. The molecule has 3 heterocycles. The minimum Gasteiger partial charge on any atom is -0.476 e. The molecule has 1 aromatic carbocycles. The third-order valence-electron chi connectivity index (χ3n) is 8.11. The Morgan fingerprint density at radius 3 is 2.45 bits per heavy atom. The molecule has 2 saturated carbocycles. The second kappa shape index (κ2) is 10.4. The van der Waals surface area contributed by atoms with Crippen LogP contribution in [0.5, 0.6) is 0 Å². The van der Waals surface area contributed by atoms with Crippen molar-refractivity contribution in [3.8, 4) is 5.69 Å². The predicted molar refractivity (Wildman–Crippen MR) is 151 cm³/mol. The van der Waals surface area contributed by atoms with Gasteiger partial charge < -0.3 is 14.9 Å². The molecule has 11 heteroatoms. The molecule has 40 heavy (non-hydrogen) atoms. The molecule has 0 aliphatic heterocycles. The number of carboxylic acids is 1. The Balaban J connectivity index is 1.19. The highest BCUT2D eigenvalue weighted by molar-refractivity contribution is 6.37. The molecule has 2 aliphatic rings. The van der Waals surface area contributed by atoms with Crippen LogP contribution in [0, 0.1) is 0 Å². The van der Waals surface area contributed by atoms with Crippen molar-refractivity contribution in [3.63, 3.8) is 0 Å². The highest BCUT2D eigenvalue weighted by Crippen LogP contribution is 2.44. The number of aliphatic hydroxyl groups is 1. The molecule has 0 radical (unpaired) electrons. The smallest absolute Gasteiger partial charge is 0.357 e. The van der Waals surface area contributed by atoms with Crippen LogP contribution in [0.4, 0.5) is 0 Å². The standard InChI is InChI=1S/C29H31Cl2N5O4/c1-16(2)35-24-11-18(5-6-20(24)26(34-35)28(37)38)29(39)9-7-19(8-10-29)40-15-25-21(17-3-4-17)12-33-36(25)27-22(30)13-32-14-23(27)31/h5-6,11-14,16-17,19,39H,3-4,7-10,15H2,1-2H3,(H,37,38). The summed E-state index contributed by atoms with van der Waals surface area (Å²) in [6.45, 7) is 4.28.